The second kappa shape index (κ2) is 11.2. The lowest BCUT2D eigenvalue weighted by molar-refractivity contribution is -0.143. The summed E-state index contributed by atoms with van der Waals surface area (Å²) >= 11 is 7.12. The van der Waals surface area contributed by atoms with Crippen LogP contribution >= 0.6 is 35.3 Å². The van der Waals surface area contributed by atoms with Crippen molar-refractivity contribution in [1.82, 2.24) is 10.2 Å². The Kier molecular flexibility index (Phi) is 8.70. The van der Waals surface area contributed by atoms with Crippen LogP contribution in [0.3, 0.4) is 0 Å². The molecule has 198 valence electrons. The fourth-order valence-corrected chi connectivity index (χ4v) is 5.36. The highest BCUT2D eigenvalue weighted by Gasteiger charge is 2.37. The molecule has 0 bridgehead atoms. The largest absolute Gasteiger partial charge is 0.481 e. The molecule has 15 heteroatoms. The van der Waals surface area contributed by atoms with Crippen LogP contribution in [0.4, 0.5) is 26.3 Å². The number of thiocarbonyl (C=S) groups is 1. The summed E-state index contributed by atoms with van der Waals surface area (Å²) in [7, 11) is 0. The highest BCUT2D eigenvalue weighted by atomic mass is 32.2. The van der Waals surface area contributed by atoms with Gasteiger partial charge < -0.3 is 10.4 Å². The number of hydrogen-bond acceptors (Lipinski definition) is 6. The summed E-state index contributed by atoms with van der Waals surface area (Å²) in [5.74, 6) is -2.06. The topological polar surface area (TPSA) is 86.7 Å². The van der Waals surface area contributed by atoms with Crippen LogP contribution in [0.15, 0.2) is 34.6 Å². The maximum atomic E-state index is 13.2. The third-order valence-corrected chi connectivity index (χ3v) is 7.17. The van der Waals surface area contributed by atoms with Crippen molar-refractivity contribution in [3.8, 4) is 11.1 Å². The van der Waals surface area contributed by atoms with Crippen molar-refractivity contribution in [2.45, 2.75) is 25.2 Å². The van der Waals surface area contributed by atoms with Gasteiger partial charge in [0.05, 0.1) is 22.5 Å². The van der Waals surface area contributed by atoms with Crippen molar-refractivity contribution in [1.29, 1.82) is 0 Å². The Labute approximate surface area is 219 Å². The number of rotatable bonds is 8. The summed E-state index contributed by atoms with van der Waals surface area (Å²) in [6.45, 7) is -0.120. The van der Waals surface area contributed by atoms with Gasteiger partial charge in [-0.25, -0.2) is 0 Å². The molecular formula is C22H16F6N2O4S3. The van der Waals surface area contributed by atoms with Crippen molar-refractivity contribution in [3.05, 3.63) is 50.6 Å². The molecule has 0 radical (unpaired) electrons. The fourth-order valence-electron chi connectivity index (χ4n) is 3.13. The van der Waals surface area contributed by atoms with E-state index in [0.717, 1.165) is 23.1 Å². The molecule has 3 rings (SSSR count). The van der Waals surface area contributed by atoms with Gasteiger partial charge in [0.2, 0.25) is 5.91 Å². The van der Waals surface area contributed by atoms with Crippen molar-refractivity contribution in [3.63, 3.8) is 0 Å². The van der Waals surface area contributed by atoms with Gasteiger partial charge in [0.25, 0.3) is 5.91 Å². The molecule has 37 heavy (non-hydrogen) atoms. The predicted octanol–water partition coefficient (Wildman–Crippen LogP) is 5.63. The first-order chi connectivity index (χ1) is 17.1. The Hall–Kier alpha value is -2.91. The molecule has 1 aromatic heterocycles. The minimum atomic E-state index is -4.98. The molecule has 1 saturated heterocycles. The highest BCUT2D eigenvalue weighted by molar-refractivity contribution is 8.26. The Balaban J connectivity index is 1.75. The summed E-state index contributed by atoms with van der Waals surface area (Å²) in [5.41, 5.74) is -3.03. The Morgan fingerprint density at radius 2 is 1.62 bits per heavy atom. The number of thioether (sulfide) groups is 1. The lowest BCUT2D eigenvalue weighted by Crippen LogP contribution is -2.34. The standard InChI is InChI=1S/C22H16F6N2O4S3/c23-21(24,25)13-5-11(6-14(8-13)22(26,27)28)12-7-15(36-10-12)9-16-19(34)30(20(35)37-16)4-2-17(31)29-3-1-18(32)33/h5-10H,1-4H2,(H,29,31)(H,32,33)/b16-9-. The van der Waals surface area contributed by atoms with Gasteiger partial charge in [-0.2, -0.15) is 26.3 Å². The van der Waals surface area contributed by atoms with Gasteiger partial charge in [-0.15, -0.1) is 11.3 Å². The predicted molar refractivity (Wildman–Crippen MR) is 130 cm³/mol. The normalized spacial score (nSPS) is 15.5. The summed E-state index contributed by atoms with van der Waals surface area (Å²) in [4.78, 5) is 36.8. The smallest absolute Gasteiger partial charge is 0.416 e. The molecule has 2 N–H and O–H groups in total. The number of amides is 2. The van der Waals surface area contributed by atoms with Gasteiger partial charge in [-0.1, -0.05) is 24.0 Å². The number of benzene rings is 1. The second-order valence-electron chi connectivity index (χ2n) is 7.61. The minimum absolute atomic E-state index is 0.0501. The molecule has 1 aliphatic rings. The van der Waals surface area contributed by atoms with Gasteiger partial charge in [0.1, 0.15) is 4.32 Å². The van der Waals surface area contributed by atoms with E-state index in [1.165, 1.54) is 22.4 Å². The Morgan fingerprint density at radius 3 is 2.19 bits per heavy atom. The van der Waals surface area contributed by atoms with Crippen LogP contribution in [0.1, 0.15) is 28.8 Å². The minimum Gasteiger partial charge on any atom is -0.481 e. The van der Waals surface area contributed by atoms with E-state index >= 15 is 0 Å². The molecule has 6 nitrogen and oxygen atoms in total. The van der Waals surface area contributed by atoms with Crippen LogP contribution in [0.25, 0.3) is 17.2 Å². The van der Waals surface area contributed by atoms with Crippen LogP contribution in [0.2, 0.25) is 0 Å². The average molecular weight is 583 g/mol. The molecule has 0 unspecified atom stereocenters. The number of carbonyl (C=O) groups is 3. The van der Waals surface area contributed by atoms with E-state index in [2.05, 4.69) is 5.32 Å². The van der Waals surface area contributed by atoms with Gasteiger partial charge in [-0.05, 0) is 46.8 Å². The number of aliphatic carboxylic acids is 1. The van der Waals surface area contributed by atoms with E-state index in [9.17, 15) is 40.7 Å². The van der Waals surface area contributed by atoms with Crippen molar-refractivity contribution in [2.75, 3.05) is 13.1 Å². The van der Waals surface area contributed by atoms with Crippen LogP contribution in [0, 0.1) is 0 Å². The molecule has 2 amide bonds. The van der Waals surface area contributed by atoms with Crippen molar-refractivity contribution in [2.24, 2.45) is 0 Å². The van der Waals surface area contributed by atoms with E-state index in [4.69, 9.17) is 17.3 Å². The zero-order valence-electron chi connectivity index (χ0n) is 18.4. The third kappa shape index (κ3) is 7.55. The first-order valence-corrected chi connectivity index (χ1v) is 12.4. The van der Waals surface area contributed by atoms with E-state index < -0.39 is 41.3 Å². The molecule has 1 aliphatic heterocycles. The Morgan fingerprint density at radius 1 is 1.00 bits per heavy atom. The summed E-state index contributed by atoms with van der Waals surface area (Å²) in [6, 6.07) is 2.67. The van der Waals surface area contributed by atoms with Crippen LogP contribution in [0.5, 0.6) is 0 Å². The number of carboxylic acid groups (broad SMARTS) is 1. The SMILES string of the molecule is O=C(O)CCNC(=O)CCN1C(=O)/C(=C/c2cc(-c3cc(C(F)(F)F)cc(C(F)(F)F)c3)cs2)SC1=S. The number of carbonyl (C=O) groups excluding carboxylic acids is 2. The summed E-state index contributed by atoms with van der Waals surface area (Å²) in [6.07, 6.45) is -8.92. The van der Waals surface area contributed by atoms with Crippen molar-refractivity contribution < 1.29 is 45.8 Å². The van der Waals surface area contributed by atoms with Gasteiger partial charge >= 0.3 is 18.3 Å². The van der Waals surface area contributed by atoms with Crippen LogP contribution < -0.4 is 5.32 Å². The van der Waals surface area contributed by atoms with Crippen molar-refractivity contribution >= 4 is 63.5 Å². The number of hydrogen-bond donors (Lipinski definition) is 2. The number of thiophene rings is 1. The fraction of sp³-hybridized carbons (Fsp3) is 0.273. The van der Waals surface area contributed by atoms with E-state index in [1.807, 2.05) is 0 Å². The maximum Gasteiger partial charge on any atom is 0.416 e. The van der Waals surface area contributed by atoms with Gasteiger partial charge in [-0.3, -0.25) is 19.3 Å². The van der Waals surface area contributed by atoms with E-state index in [-0.39, 0.29) is 52.4 Å². The molecule has 0 atom stereocenters. The summed E-state index contributed by atoms with van der Waals surface area (Å²) in [5, 5.41) is 12.4. The van der Waals surface area contributed by atoms with E-state index in [1.54, 1.807) is 0 Å². The molecular weight excluding hydrogens is 566 g/mol. The first-order valence-electron chi connectivity index (χ1n) is 10.3. The van der Waals surface area contributed by atoms with E-state index in [0.29, 0.717) is 17.0 Å². The second-order valence-corrected chi connectivity index (χ2v) is 10.2. The van der Waals surface area contributed by atoms with Crippen LogP contribution in [-0.4, -0.2) is 45.2 Å². The zero-order valence-corrected chi connectivity index (χ0v) is 20.9. The molecule has 1 fully saturated rings. The Bertz CT molecular complexity index is 1240. The summed E-state index contributed by atoms with van der Waals surface area (Å²) < 4.78 is 79.2. The maximum absolute atomic E-state index is 13.2. The highest BCUT2D eigenvalue weighted by Crippen LogP contribution is 2.40. The molecule has 2 heterocycles. The number of carboxylic acids is 1. The van der Waals surface area contributed by atoms with Crippen LogP contribution in [-0.2, 0) is 26.7 Å². The monoisotopic (exact) mass is 582 g/mol. The molecule has 0 spiro atoms. The van der Waals surface area contributed by atoms with Gasteiger partial charge in [0, 0.05) is 24.4 Å². The number of halogens is 6. The lowest BCUT2D eigenvalue weighted by atomic mass is 10.0. The zero-order chi connectivity index (χ0) is 27.5. The molecule has 1 aromatic carbocycles. The number of alkyl halides is 6. The molecule has 0 aliphatic carbocycles. The number of nitrogens with one attached hydrogen (secondary N) is 1. The quantitative estimate of drug-likeness (QED) is 0.238. The number of nitrogens with zero attached hydrogens (tertiary/aromatic N) is 1. The molecule has 0 saturated carbocycles. The lowest BCUT2D eigenvalue weighted by Gasteiger charge is -2.14. The molecule has 2 aromatic rings. The average Bonchev–Trinajstić information content (AvgIpc) is 3.35. The van der Waals surface area contributed by atoms with Gasteiger partial charge in [0.15, 0.2) is 0 Å². The first kappa shape index (κ1) is 28.7. The third-order valence-electron chi connectivity index (χ3n) is 4.91.